The largest absolute Gasteiger partial charge is 0.371 e. The molecule has 0 radical (unpaired) electrons. The van der Waals surface area contributed by atoms with Crippen LogP contribution in [-0.4, -0.2) is 33.4 Å². The van der Waals surface area contributed by atoms with Crippen LogP contribution in [0.5, 0.6) is 0 Å². The number of hydrogen-bond donors (Lipinski definition) is 1. The highest BCUT2D eigenvalue weighted by Crippen LogP contribution is 2.44. The van der Waals surface area contributed by atoms with E-state index in [0.717, 1.165) is 21.7 Å². The summed E-state index contributed by atoms with van der Waals surface area (Å²) in [6.45, 7) is 7.63. The molecule has 0 fully saturated rings. The van der Waals surface area contributed by atoms with E-state index in [-0.39, 0.29) is 5.02 Å². The Morgan fingerprint density at radius 3 is 2.56 bits per heavy atom. The summed E-state index contributed by atoms with van der Waals surface area (Å²) >= 11 is 6.36. The summed E-state index contributed by atoms with van der Waals surface area (Å²) in [5.74, 6) is 1.00. The molecular weight excluding hydrogens is 453 g/mol. The van der Waals surface area contributed by atoms with Gasteiger partial charge in [-0.05, 0) is 57.0 Å². The van der Waals surface area contributed by atoms with Crippen LogP contribution in [0.25, 0.3) is 27.7 Å². The Morgan fingerprint density at radius 1 is 1.16 bits per heavy atom. The van der Waals surface area contributed by atoms with Gasteiger partial charge in [0.05, 0.1) is 33.7 Å². The van der Waals surface area contributed by atoms with E-state index in [0.29, 0.717) is 39.1 Å². The second-order valence-electron chi connectivity index (χ2n) is 8.64. The van der Waals surface area contributed by atoms with Gasteiger partial charge in [-0.25, -0.2) is 16.8 Å². The Balaban J connectivity index is 1.86. The highest BCUT2D eigenvalue weighted by molar-refractivity contribution is 7.89. The van der Waals surface area contributed by atoms with Crippen LogP contribution in [-0.2, 0) is 15.6 Å². The number of nitrogens with zero attached hydrogens (tertiary/aromatic N) is 4. The summed E-state index contributed by atoms with van der Waals surface area (Å²) in [5.41, 5.74) is 2.81. The highest BCUT2D eigenvalue weighted by atomic mass is 35.5. The number of aromatic nitrogens is 4. The van der Waals surface area contributed by atoms with E-state index >= 15 is 4.39 Å². The number of anilines is 1. The number of hydrogen-bond acceptors (Lipinski definition) is 5. The fraction of sp³-hybridized carbons (Fsp3) is 0.273. The smallest absolute Gasteiger partial charge is 0.236 e. The molecule has 2 aromatic heterocycles. The van der Waals surface area contributed by atoms with Gasteiger partial charge in [0.25, 0.3) is 0 Å². The Bertz CT molecular complexity index is 1550. The van der Waals surface area contributed by atoms with Crippen molar-refractivity contribution in [2.24, 2.45) is 0 Å². The lowest BCUT2D eigenvalue weighted by Gasteiger charge is -2.35. The Labute approximate surface area is 189 Å². The molecule has 1 N–H and O–H groups in total. The molecule has 7 nitrogen and oxygen atoms in total. The molecule has 0 bridgehead atoms. The summed E-state index contributed by atoms with van der Waals surface area (Å²) in [7, 11) is -3.59. The lowest BCUT2D eigenvalue weighted by Crippen LogP contribution is -2.36. The van der Waals surface area contributed by atoms with Gasteiger partial charge >= 0.3 is 0 Å². The molecule has 166 valence electrons. The van der Waals surface area contributed by atoms with Gasteiger partial charge < -0.3 is 5.32 Å². The first-order chi connectivity index (χ1) is 14.9. The second-order valence-corrected chi connectivity index (χ2v) is 10.9. The van der Waals surface area contributed by atoms with Crippen molar-refractivity contribution in [2.75, 3.05) is 11.6 Å². The molecule has 3 heterocycles. The maximum atomic E-state index is 15.6. The molecule has 4 aromatic rings. The average Bonchev–Trinajstić information content (AvgIpc) is 3.28. The molecule has 0 atom stereocenters. The normalized spacial score (nSPS) is 14.8. The van der Waals surface area contributed by atoms with E-state index in [2.05, 4.69) is 15.5 Å². The number of halogens is 2. The number of aryl methyl sites for hydroxylation is 1. The quantitative estimate of drug-likeness (QED) is 0.453. The first-order valence-electron chi connectivity index (χ1n) is 9.96. The summed E-state index contributed by atoms with van der Waals surface area (Å²) in [5, 5.41) is 12.8. The minimum absolute atomic E-state index is 0.274. The number of benzene rings is 2. The predicted molar refractivity (Wildman–Crippen MR) is 124 cm³/mol. The van der Waals surface area contributed by atoms with Gasteiger partial charge in [-0.1, -0.05) is 17.7 Å². The lowest BCUT2D eigenvalue weighted by atomic mass is 9.92. The maximum Gasteiger partial charge on any atom is 0.236 e. The van der Waals surface area contributed by atoms with Crippen molar-refractivity contribution in [1.82, 2.24) is 18.7 Å². The summed E-state index contributed by atoms with van der Waals surface area (Å²) in [6, 6.07) is 6.42. The molecule has 10 heteroatoms. The Morgan fingerprint density at radius 2 is 1.88 bits per heavy atom. The zero-order chi connectivity index (χ0) is 23.2. The van der Waals surface area contributed by atoms with Gasteiger partial charge in [0.2, 0.25) is 10.0 Å². The SMILES string of the molecule is Cc1c(-c2ccc(Cl)c3c2ccn3S(C)(=O)=O)c(F)cc2c1-n1c(C)nnc1C(C)(C)N2. The van der Waals surface area contributed by atoms with E-state index in [4.69, 9.17) is 11.6 Å². The van der Waals surface area contributed by atoms with Gasteiger partial charge in [-0.15, -0.1) is 10.2 Å². The zero-order valence-electron chi connectivity index (χ0n) is 18.2. The van der Waals surface area contributed by atoms with Gasteiger partial charge in [-0.3, -0.25) is 4.57 Å². The van der Waals surface area contributed by atoms with Gasteiger partial charge in [0.1, 0.15) is 11.6 Å². The van der Waals surface area contributed by atoms with Crippen molar-refractivity contribution < 1.29 is 12.8 Å². The predicted octanol–water partition coefficient (Wildman–Crippen LogP) is 4.77. The summed E-state index contributed by atoms with van der Waals surface area (Å²) in [6.07, 6.45) is 2.54. The van der Waals surface area contributed by atoms with Gasteiger partial charge in [-0.2, -0.15) is 0 Å². The van der Waals surface area contributed by atoms with Crippen molar-refractivity contribution in [3.63, 3.8) is 0 Å². The van der Waals surface area contributed by atoms with E-state index in [1.807, 2.05) is 32.3 Å². The fourth-order valence-electron chi connectivity index (χ4n) is 4.59. The second kappa shape index (κ2) is 6.55. The molecule has 1 aliphatic rings. The maximum absolute atomic E-state index is 15.6. The van der Waals surface area contributed by atoms with Gasteiger partial charge in [0.15, 0.2) is 5.82 Å². The first kappa shape index (κ1) is 21.0. The lowest BCUT2D eigenvalue weighted by molar-refractivity contribution is 0.532. The third-order valence-corrected chi connectivity index (χ3v) is 7.27. The molecule has 2 aromatic carbocycles. The van der Waals surface area contributed by atoms with Crippen LogP contribution in [0.3, 0.4) is 0 Å². The third kappa shape index (κ3) is 2.80. The van der Waals surface area contributed by atoms with Crippen LogP contribution in [0.4, 0.5) is 10.1 Å². The molecule has 0 saturated carbocycles. The Hall–Kier alpha value is -2.91. The standard InChI is InChI=1S/C22H21ClFN5O2S/c1-11-18(13-6-7-15(23)20-14(13)8-9-28(20)32(5,30)31)16(24)10-17-19(11)29-12(2)26-27-21(29)22(3,4)25-17/h6-10,25H,1-5H3. The summed E-state index contributed by atoms with van der Waals surface area (Å²) in [4.78, 5) is 0. The molecule has 5 rings (SSSR count). The number of rotatable bonds is 2. The topological polar surface area (TPSA) is 81.8 Å². The van der Waals surface area contributed by atoms with Gasteiger partial charge in [0, 0.05) is 17.1 Å². The van der Waals surface area contributed by atoms with Crippen LogP contribution in [0.2, 0.25) is 5.02 Å². The van der Waals surface area contributed by atoms with Crippen LogP contribution in [0.15, 0.2) is 30.5 Å². The monoisotopic (exact) mass is 473 g/mol. The third-order valence-electron chi connectivity index (χ3n) is 5.94. The molecule has 0 unspecified atom stereocenters. The molecule has 0 amide bonds. The van der Waals surface area contributed by atoms with E-state index in [1.165, 1.54) is 12.3 Å². The zero-order valence-corrected chi connectivity index (χ0v) is 19.7. The number of nitrogens with one attached hydrogen (secondary N) is 1. The molecule has 0 saturated heterocycles. The van der Waals surface area contributed by atoms with Crippen molar-refractivity contribution in [3.05, 3.63) is 58.5 Å². The average molecular weight is 474 g/mol. The molecule has 32 heavy (non-hydrogen) atoms. The van der Waals surface area contributed by atoms with Crippen molar-refractivity contribution in [1.29, 1.82) is 0 Å². The van der Waals surface area contributed by atoms with Crippen molar-refractivity contribution >= 4 is 38.2 Å². The molecule has 1 aliphatic heterocycles. The summed E-state index contributed by atoms with van der Waals surface area (Å²) < 4.78 is 43.2. The fourth-order valence-corrected chi connectivity index (χ4v) is 5.71. The molecular formula is C22H21ClFN5O2S. The van der Waals surface area contributed by atoms with Crippen LogP contribution < -0.4 is 5.32 Å². The van der Waals surface area contributed by atoms with Crippen LogP contribution >= 0.6 is 11.6 Å². The van der Waals surface area contributed by atoms with Crippen LogP contribution in [0.1, 0.15) is 31.1 Å². The highest BCUT2D eigenvalue weighted by Gasteiger charge is 2.36. The van der Waals surface area contributed by atoms with E-state index in [9.17, 15) is 8.42 Å². The minimum atomic E-state index is -3.59. The molecule has 0 spiro atoms. The number of fused-ring (bicyclic) bond motifs is 4. The van der Waals surface area contributed by atoms with E-state index in [1.54, 1.807) is 18.2 Å². The molecule has 0 aliphatic carbocycles. The van der Waals surface area contributed by atoms with Crippen LogP contribution in [0, 0.1) is 19.7 Å². The first-order valence-corrected chi connectivity index (χ1v) is 12.2. The minimum Gasteiger partial charge on any atom is -0.371 e. The Kier molecular flexibility index (Phi) is 4.29. The van der Waals surface area contributed by atoms with E-state index < -0.39 is 21.4 Å². The van der Waals surface area contributed by atoms with Crippen molar-refractivity contribution in [3.8, 4) is 16.8 Å². The van der Waals surface area contributed by atoms with Crippen molar-refractivity contribution in [2.45, 2.75) is 33.2 Å².